The van der Waals surface area contributed by atoms with E-state index in [0.717, 1.165) is 17.8 Å². The fourth-order valence-electron chi connectivity index (χ4n) is 3.14. The predicted molar refractivity (Wildman–Crippen MR) is 108 cm³/mol. The molecule has 10 heteroatoms. The molecule has 3 rings (SSSR count). The molecule has 31 heavy (non-hydrogen) atoms. The van der Waals surface area contributed by atoms with E-state index in [2.05, 4.69) is 5.10 Å². The molecule has 0 fully saturated rings. The minimum absolute atomic E-state index is 0.00949. The highest BCUT2D eigenvalue weighted by atomic mass is 19.1. The number of hydrogen-bond acceptors (Lipinski definition) is 8. The van der Waals surface area contributed by atoms with Crippen LogP contribution in [0.25, 0.3) is 0 Å². The number of carbonyl (C=O) groups excluding carboxylic acids is 2. The van der Waals surface area contributed by atoms with Crippen molar-refractivity contribution in [3.05, 3.63) is 52.7 Å². The molecule has 9 nitrogen and oxygen atoms in total. The summed E-state index contributed by atoms with van der Waals surface area (Å²) < 4.78 is 37.1. The van der Waals surface area contributed by atoms with Crippen LogP contribution in [0.15, 0.2) is 35.7 Å². The van der Waals surface area contributed by atoms with Crippen molar-refractivity contribution >= 4 is 17.6 Å². The van der Waals surface area contributed by atoms with Crippen molar-refractivity contribution in [1.82, 2.24) is 9.78 Å². The molecule has 0 N–H and O–H groups in total. The highest BCUT2D eigenvalue weighted by molar-refractivity contribution is 6.03. The number of halogens is 1. The summed E-state index contributed by atoms with van der Waals surface area (Å²) >= 11 is 0. The molecule has 1 aliphatic rings. The summed E-state index contributed by atoms with van der Waals surface area (Å²) in [5.41, 5.74) is 1.89. The number of hydrogen-bond donors (Lipinski definition) is 0. The maximum atomic E-state index is 14.8. The molecular formula is C21H24FN3O6. The van der Waals surface area contributed by atoms with E-state index in [1.807, 2.05) is 20.0 Å². The summed E-state index contributed by atoms with van der Waals surface area (Å²) in [7, 11) is 2.39. The van der Waals surface area contributed by atoms with Crippen molar-refractivity contribution in [3.8, 4) is 5.75 Å². The molecule has 0 bridgehead atoms. The largest absolute Gasteiger partial charge is 0.486 e. The average molecular weight is 433 g/mol. The Labute approximate surface area is 178 Å². The van der Waals surface area contributed by atoms with Crippen LogP contribution < -0.4 is 9.64 Å². The van der Waals surface area contributed by atoms with Crippen LogP contribution in [-0.2, 0) is 37.0 Å². The number of aryl methyl sites for hydroxylation is 2. The van der Waals surface area contributed by atoms with Crippen molar-refractivity contribution in [2.24, 2.45) is 0 Å². The van der Waals surface area contributed by atoms with Gasteiger partial charge in [-0.05, 0) is 26.0 Å². The molecule has 166 valence electrons. The van der Waals surface area contributed by atoms with Gasteiger partial charge in [0, 0.05) is 30.1 Å². The number of methoxy groups -OCH3 is 2. The zero-order valence-electron chi connectivity index (χ0n) is 17.8. The predicted octanol–water partition coefficient (Wildman–Crippen LogP) is 2.32. The van der Waals surface area contributed by atoms with Crippen molar-refractivity contribution < 1.29 is 32.9 Å². The normalized spacial score (nSPS) is 13.9. The lowest BCUT2D eigenvalue weighted by Crippen LogP contribution is -2.38. The third-order valence-corrected chi connectivity index (χ3v) is 4.82. The van der Waals surface area contributed by atoms with Gasteiger partial charge in [0.05, 0.1) is 32.1 Å². The molecule has 0 aliphatic carbocycles. The van der Waals surface area contributed by atoms with E-state index in [9.17, 15) is 14.0 Å². The van der Waals surface area contributed by atoms with Crippen molar-refractivity contribution in [1.29, 1.82) is 0 Å². The van der Waals surface area contributed by atoms with Gasteiger partial charge in [-0.1, -0.05) is 0 Å². The number of nitrogens with zero attached hydrogens (tertiary/aromatic N) is 3. The van der Waals surface area contributed by atoms with E-state index in [0.29, 0.717) is 5.69 Å². The zero-order valence-corrected chi connectivity index (χ0v) is 17.8. The average Bonchev–Trinajstić information content (AvgIpc) is 3.16. The first-order chi connectivity index (χ1) is 14.9. The monoisotopic (exact) mass is 433 g/mol. The highest BCUT2D eigenvalue weighted by Crippen LogP contribution is 2.30. The first-order valence-electron chi connectivity index (χ1n) is 9.59. The van der Waals surface area contributed by atoms with Gasteiger partial charge in [0.25, 0.3) is 0 Å². The maximum Gasteiger partial charge on any atom is 0.355 e. The number of anilines is 1. The summed E-state index contributed by atoms with van der Waals surface area (Å²) in [5, 5.41) is 4.34. The van der Waals surface area contributed by atoms with E-state index in [4.69, 9.17) is 18.9 Å². The van der Waals surface area contributed by atoms with E-state index in [1.165, 1.54) is 31.3 Å². The molecule has 1 aromatic heterocycles. The first-order valence-corrected chi connectivity index (χ1v) is 9.59. The van der Waals surface area contributed by atoms with Crippen LogP contribution in [0.4, 0.5) is 10.1 Å². The molecule has 0 spiro atoms. The summed E-state index contributed by atoms with van der Waals surface area (Å²) in [4.78, 5) is 25.8. The van der Waals surface area contributed by atoms with Gasteiger partial charge in [-0.15, -0.1) is 0 Å². The number of aromatic nitrogens is 2. The molecule has 0 saturated carbocycles. The van der Waals surface area contributed by atoms with Gasteiger partial charge < -0.3 is 23.8 Å². The van der Waals surface area contributed by atoms with Gasteiger partial charge >= 0.3 is 11.9 Å². The summed E-state index contributed by atoms with van der Waals surface area (Å²) in [6, 6.07) is 4.21. The van der Waals surface area contributed by atoms with E-state index in [-0.39, 0.29) is 37.0 Å². The Bertz CT molecular complexity index is 1020. The van der Waals surface area contributed by atoms with Crippen LogP contribution in [0.3, 0.4) is 0 Å². The molecule has 2 aromatic rings. The zero-order chi connectivity index (χ0) is 22.5. The van der Waals surface area contributed by atoms with Gasteiger partial charge in [0.15, 0.2) is 11.6 Å². The molecule has 1 aromatic carbocycles. The molecule has 0 radical (unpaired) electrons. The van der Waals surface area contributed by atoms with E-state index >= 15 is 0 Å². The number of carbonyl (C=O) groups is 2. The van der Waals surface area contributed by atoms with Gasteiger partial charge in [-0.25, -0.2) is 14.0 Å². The van der Waals surface area contributed by atoms with Crippen LogP contribution in [-0.4, -0.2) is 49.3 Å². The molecule has 1 aliphatic heterocycles. The number of rotatable bonds is 7. The lowest BCUT2D eigenvalue weighted by Gasteiger charge is -2.31. The topological polar surface area (TPSA) is 92.1 Å². The molecule has 0 amide bonds. The van der Waals surface area contributed by atoms with Crippen molar-refractivity contribution in [3.63, 3.8) is 0 Å². The fourth-order valence-corrected chi connectivity index (χ4v) is 3.14. The quantitative estimate of drug-likeness (QED) is 0.615. The maximum absolute atomic E-state index is 14.8. The Hall–Kier alpha value is -3.40. The lowest BCUT2D eigenvalue weighted by atomic mass is 10.1. The number of ether oxygens (including phenoxy) is 4. The Balaban J connectivity index is 1.85. The third-order valence-electron chi connectivity index (χ3n) is 4.82. The second kappa shape index (κ2) is 9.61. The van der Waals surface area contributed by atoms with Gasteiger partial charge in [0.1, 0.15) is 19.0 Å². The minimum atomic E-state index is -0.757. The fraction of sp³-hybridized carbons (Fsp3) is 0.381. The van der Waals surface area contributed by atoms with Crippen LogP contribution >= 0.6 is 0 Å². The van der Waals surface area contributed by atoms with Crippen LogP contribution in [0.2, 0.25) is 0 Å². The molecule has 2 heterocycles. The summed E-state index contributed by atoms with van der Waals surface area (Å²) in [5.74, 6) is -2.07. The molecular weight excluding hydrogens is 409 g/mol. The molecule has 0 atom stereocenters. The molecule has 0 saturated heterocycles. The number of benzene rings is 1. The highest BCUT2D eigenvalue weighted by Gasteiger charge is 2.32. The van der Waals surface area contributed by atoms with Crippen molar-refractivity contribution in [2.75, 3.05) is 32.5 Å². The SMILES string of the molecule is CCn1cc(COc2ccc(N3COCC(C(=O)OC)=C3C(=O)OC)cc2F)c(C)n1. The van der Waals surface area contributed by atoms with E-state index in [1.54, 1.807) is 10.7 Å². The second-order valence-corrected chi connectivity index (χ2v) is 6.71. The Morgan fingerprint density at radius 2 is 1.97 bits per heavy atom. The lowest BCUT2D eigenvalue weighted by molar-refractivity contribution is -0.140. The number of esters is 2. The Kier molecular flexibility index (Phi) is 6.91. The standard InChI is InChI=1S/C21H24FN3O6/c1-5-24-9-14(13(2)23-24)10-31-18-7-6-15(8-17(18)22)25-12-30-11-16(20(26)28-3)19(25)21(27)29-4/h6-9H,5,10-12H2,1-4H3. The molecule has 0 unspecified atom stereocenters. The van der Waals surface area contributed by atoms with Gasteiger partial charge in [-0.3, -0.25) is 4.68 Å². The Morgan fingerprint density at radius 1 is 1.23 bits per heavy atom. The van der Waals surface area contributed by atoms with Crippen LogP contribution in [0.5, 0.6) is 5.75 Å². The summed E-state index contributed by atoms with van der Waals surface area (Å²) in [6.07, 6.45) is 1.86. The van der Waals surface area contributed by atoms with Crippen LogP contribution in [0.1, 0.15) is 18.2 Å². The van der Waals surface area contributed by atoms with Gasteiger partial charge in [0.2, 0.25) is 0 Å². The van der Waals surface area contributed by atoms with Crippen molar-refractivity contribution in [2.45, 2.75) is 27.0 Å². The Morgan fingerprint density at radius 3 is 2.58 bits per heavy atom. The third kappa shape index (κ3) is 4.69. The van der Waals surface area contributed by atoms with Gasteiger partial charge in [-0.2, -0.15) is 5.10 Å². The smallest absolute Gasteiger partial charge is 0.355 e. The first kappa shape index (κ1) is 22.3. The minimum Gasteiger partial charge on any atom is -0.486 e. The summed E-state index contributed by atoms with van der Waals surface area (Å²) in [6.45, 7) is 4.53. The second-order valence-electron chi connectivity index (χ2n) is 6.71. The van der Waals surface area contributed by atoms with Crippen LogP contribution in [0, 0.1) is 12.7 Å². The van der Waals surface area contributed by atoms with E-state index < -0.39 is 17.8 Å².